The SMILES string of the molecule is O=C1OCc2c1cc1ccc(OCc3cccc(C4(O)CCOCC4)c3)cc1c2-c1ccsc1. The highest BCUT2D eigenvalue weighted by Gasteiger charge is 2.32. The minimum absolute atomic E-state index is 0.264. The molecule has 6 heteroatoms. The summed E-state index contributed by atoms with van der Waals surface area (Å²) in [5.41, 5.74) is 4.77. The van der Waals surface area contributed by atoms with Gasteiger partial charge in [0.15, 0.2) is 0 Å². The molecule has 2 aliphatic heterocycles. The summed E-state index contributed by atoms with van der Waals surface area (Å²) < 4.78 is 16.9. The van der Waals surface area contributed by atoms with Crippen LogP contribution in [0.15, 0.2) is 65.4 Å². The quantitative estimate of drug-likeness (QED) is 0.371. The first-order valence-electron chi connectivity index (χ1n) is 11.4. The first-order valence-corrected chi connectivity index (χ1v) is 12.4. The van der Waals surface area contributed by atoms with Crippen LogP contribution >= 0.6 is 11.3 Å². The fourth-order valence-corrected chi connectivity index (χ4v) is 5.55. The van der Waals surface area contributed by atoms with E-state index in [9.17, 15) is 9.90 Å². The molecule has 0 unspecified atom stereocenters. The molecule has 34 heavy (non-hydrogen) atoms. The summed E-state index contributed by atoms with van der Waals surface area (Å²) >= 11 is 1.63. The van der Waals surface area contributed by atoms with Crippen LogP contribution in [0.25, 0.3) is 21.9 Å². The molecule has 0 spiro atoms. The minimum Gasteiger partial charge on any atom is -0.489 e. The van der Waals surface area contributed by atoms with Crippen LogP contribution in [-0.4, -0.2) is 24.3 Å². The van der Waals surface area contributed by atoms with E-state index < -0.39 is 5.60 Å². The third-order valence-corrected chi connectivity index (χ3v) is 7.47. The van der Waals surface area contributed by atoms with Gasteiger partial charge < -0.3 is 19.3 Å². The zero-order chi connectivity index (χ0) is 23.1. The van der Waals surface area contributed by atoms with Crippen LogP contribution in [0, 0.1) is 0 Å². The van der Waals surface area contributed by atoms with E-state index >= 15 is 0 Å². The number of aliphatic hydroxyl groups is 1. The molecule has 0 radical (unpaired) electrons. The lowest BCUT2D eigenvalue weighted by Gasteiger charge is -2.32. The Balaban J connectivity index is 1.32. The van der Waals surface area contributed by atoms with Crippen molar-refractivity contribution in [2.45, 2.75) is 31.7 Å². The third kappa shape index (κ3) is 3.78. The van der Waals surface area contributed by atoms with E-state index in [0.717, 1.165) is 44.3 Å². The molecule has 3 aromatic carbocycles. The number of cyclic esters (lactones) is 1. The predicted molar refractivity (Wildman–Crippen MR) is 131 cm³/mol. The Labute approximate surface area is 201 Å². The molecule has 4 aromatic rings. The van der Waals surface area contributed by atoms with E-state index in [1.54, 1.807) is 11.3 Å². The number of benzene rings is 3. The van der Waals surface area contributed by atoms with Crippen LogP contribution < -0.4 is 4.74 Å². The van der Waals surface area contributed by atoms with E-state index in [0.29, 0.717) is 44.8 Å². The van der Waals surface area contributed by atoms with Crippen molar-refractivity contribution >= 4 is 28.1 Å². The average Bonchev–Trinajstić information content (AvgIpc) is 3.52. The first kappa shape index (κ1) is 21.4. The second-order valence-corrected chi connectivity index (χ2v) is 9.66. The van der Waals surface area contributed by atoms with Crippen LogP contribution in [0.2, 0.25) is 0 Å². The number of carbonyl (C=O) groups is 1. The van der Waals surface area contributed by atoms with E-state index in [1.807, 2.05) is 53.9 Å². The number of thiophene rings is 1. The van der Waals surface area contributed by atoms with E-state index in [2.05, 4.69) is 11.4 Å². The van der Waals surface area contributed by atoms with Crippen molar-refractivity contribution in [3.05, 3.63) is 87.6 Å². The maximum absolute atomic E-state index is 12.3. The van der Waals surface area contributed by atoms with Crippen LogP contribution in [0.4, 0.5) is 0 Å². The van der Waals surface area contributed by atoms with E-state index in [1.165, 1.54) is 0 Å². The fourth-order valence-electron chi connectivity index (χ4n) is 4.91. The molecule has 1 fully saturated rings. The van der Waals surface area contributed by atoms with Crippen molar-refractivity contribution in [3.8, 4) is 16.9 Å². The predicted octanol–water partition coefficient (Wildman–Crippen LogP) is 5.82. The second kappa shape index (κ2) is 8.55. The zero-order valence-corrected chi connectivity index (χ0v) is 19.4. The van der Waals surface area contributed by atoms with Gasteiger partial charge in [0, 0.05) is 31.6 Å². The van der Waals surface area contributed by atoms with Gasteiger partial charge in [-0.3, -0.25) is 0 Å². The minimum atomic E-state index is -0.841. The van der Waals surface area contributed by atoms with Crippen LogP contribution in [0.1, 0.15) is 39.9 Å². The molecule has 0 aliphatic carbocycles. The van der Waals surface area contributed by atoms with Crippen molar-refractivity contribution in [2.75, 3.05) is 13.2 Å². The Morgan fingerprint density at radius 3 is 2.76 bits per heavy atom. The van der Waals surface area contributed by atoms with Crippen molar-refractivity contribution in [1.29, 1.82) is 0 Å². The van der Waals surface area contributed by atoms with Gasteiger partial charge in [0.25, 0.3) is 0 Å². The maximum Gasteiger partial charge on any atom is 0.338 e. The monoisotopic (exact) mass is 472 g/mol. The van der Waals surface area contributed by atoms with Gasteiger partial charge in [-0.25, -0.2) is 4.79 Å². The number of hydrogen-bond acceptors (Lipinski definition) is 6. The fraction of sp³-hybridized carbons (Fsp3) is 0.250. The smallest absolute Gasteiger partial charge is 0.338 e. The Kier molecular flexibility index (Phi) is 5.37. The van der Waals surface area contributed by atoms with Gasteiger partial charge >= 0.3 is 5.97 Å². The highest BCUT2D eigenvalue weighted by atomic mass is 32.1. The van der Waals surface area contributed by atoms with Gasteiger partial charge in [0.2, 0.25) is 0 Å². The standard InChI is InChI=1S/C28H24O5S/c29-27-24-13-19-4-5-22(14-23(19)26(25(24)16-33-27)20-6-11-34-17-20)32-15-18-2-1-3-21(12-18)28(30)7-9-31-10-8-28/h1-6,11-14,17,30H,7-10,15-16H2. The highest BCUT2D eigenvalue weighted by Crippen LogP contribution is 2.40. The van der Waals surface area contributed by atoms with Gasteiger partial charge in [-0.2, -0.15) is 11.3 Å². The summed E-state index contributed by atoms with van der Waals surface area (Å²) in [4.78, 5) is 12.3. The summed E-state index contributed by atoms with van der Waals surface area (Å²) in [6.45, 7) is 1.83. The highest BCUT2D eigenvalue weighted by molar-refractivity contribution is 7.08. The lowest BCUT2D eigenvalue weighted by atomic mass is 9.86. The van der Waals surface area contributed by atoms with Gasteiger partial charge in [0.1, 0.15) is 19.0 Å². The Bertz CT molecular complexity index is 1370. The second-order valence-electron chi connectivity index (χ2n) is 8.88. The molecule has 6 rings (SSSR count). The van der Waals surface area contributed by atoms with Crippen molar-refractivity contribution in [2.24, 2.45) is 0 Å². The molecular formula is C28H24O5S. The average molecular weight is 473 g/mol. The van der Waals surface area contributed by atoms with Gasteiger partial charge in [-0.1, -0.05) is 24.3 Å². The number of ether oxygens (including phenoxy) is 3. The zero-order valence-electron chi connectivity index (χ0n) is 18.6. The lowest BCUT2D eigenvalue weighted by molar-refractivity contribution is -0.0679. The van der Waals surface area contributed by atoms with E-state index in [4.69, 9.17) is 14.2 Å². The van der Waals surface area contributed by atoms with E-state index in [-0.39, 0.29) is 5.97 Å². The molecule has 1 saturated heterocycles. The molecule has 0 amide bonds. The maximum atomic E-state index is 12.3. The van der Waals surface area contributed by atoms with Gasteiger partial charge in [-0.15, -0.1) is 0 Å². The molecule has 0 saturated carbocycles. The largest absolute Gasteiger partial charge is 0.489 e. The number of rotatable bonds is 5. The Morgan fingerprint density at radius 1 is 1.06 bits per heavy atom. The summed E-state index contributed by atoms with van der Waals surface area (Å²) in [7, 11) is 0. The Morgan fingerprint density at radius 2 is 1.94 bits per heavy atom. The lowest BCUT2D eigenvalue weighted by Crippen LogP contribution is -2.33. The number of fused-ring (bicyclic) bond motifs is 2. The number of carbonyl (C=O) groups excluding carboxylic acids is 1. The topological polar surface area (TPSA) is 65.0 Å². The molecule has 1 aromatic heterocycles. The van der Waals surface area contributed by atoms with Crippen LogP contribution in [0.3, 0.4) is 0 Å². The molecule has 1 N–H and O–H groups in total. The number of esters is 1. The van der Waals surface area contributed by atoms with Gasteiger partial charge in [0.05, 0.1) is 11.2 Å². The molecule has 0 bridgehead atoms. The Hall–Kier alpha value is -3.19. The van der Waals surface area contributed by atoms with Gasteiger partial charge in [-0.05, 0) is 74.1 Å². The summed E-state index contributed by atoms with van der Waals surface area (Å²) in [6, 6.07) is 17.9. The van der Waals surface area contributed by atoms with Crippen LogP contribution in [0.5, 0.6) is 5.75 Å². The van der Waals surface area contributed by atoms with Crippen molar-refractivity contribution in [3.63, 3.8) is 0 Å². The molecule has 172 valence electrons. The third-order valence-electron chi connectivity index (χ3n) is 6.79. The summed E-state index contributed by atoms with van der Waals surface area (Å²) in [6.07, 6.45) is 1.20. The summed E-state index contributed by atoms with van der Waals surface area (Å²) in [5.74, 6) is 0.490. The van der Waals surface area contributed by atoms with Crippen molar-refractivity contribution in [1.82, 2.24) is 0 Å². The number of hydrogen-bond donors (Lipinski definition) is 1. The summed E-state index contributed by atoms with van der Waals surface area (Å²) in [5, 5.41) is 17.2. The molecule has 2 aliphatic rings. The van der Waals surface area contributed by atoms with Crippen LogP contribution in [-0.2, 0) is 28.3 Å². The molecule has 5 nitrogen and oxygen atoms in total. The molecular weight excluding hydrogens is 448 g/mol. The first-order chi connectivity index (χ1) is 16.6. The molecule has 0 atom stereocenters. The van der Waals surface area contributed by atoms with Crippen molar-refractivity contribution < 1.29 is 24.1 Å². The molecule has 3 heterocycles. The normalized spacial score (nSPS) is 16.9.